The second-order valence-electron chi connectivity index (χ2n) is 4.78. The first-order valence-electron chi connectivity index (χ1n) is 6.24. The molecule has 2 heterocycles. The van der Waals surface area contributed by atoms with Gasteiger partial charge in [0.15, 0.2) is 0 Å². The van der Waals surface area contributed by atoms with E-state index in [4.69, 9.17) is 4.74 Å². The minimum absolute atomic E-state index is 0.120. The van der Waals surface area contributed by atoms with Gasteiger partial charge >= 0.3 is 0 Å². The summed E-state index contributed by atoms with van der Waals surface area (Å²) in [5.74, 6) is 0.120. The summed E-state index contributed by atoms with van der Waals surface area (Å²) in [7, 11) is 0. The summed E-state index contributed by atoms with van der Waals surface area (Å²) >= 11 is 0. The number of aromatic amines is 1. The lowest BCUT2D eigenvalue weighted by molar-refractivity contribution is -0.0236. The van der Waals surface area contributed by atoms with Crippen LogP contribution in [0.4, 0.5) is 0 Å². The van der Waals surface area contributed by atoms with E-state index in [9.17, 15) is 4.79 Å². The summed E-state index contributed by atoms with van der Waals surface area (Å²) < 4.78 is 5.77. The molecule has 1 aromatic heterocycles. The normalized spacial score (nSPS) is 17.7. The molecule has 4 heteroatoms. The molecule has 1 fully saturated rings. The molecule has 2 rings (SSSR count). The smallest absolute Gasteiger partial charge is 0.255 e. The predicted octanol–water partition coefficient (Wildman–Crippen LogP) is 2.04. The fraction of sp³-hybridized carbons (Fsp3) is 0.615. The highest BCUT2D eigenvalue weighted by Gasteiger charge is 2.24. The van der Waals surface area contributed by atoms with Crippen molar-refractivity contribution in [2.24, 2.45) is 0 Å². The molecule has 0 aromatic carbocycles. The number of hydrogen-bond acceptors (Lipinski definition) is 2. The van der Waals surface area contributed by atoms with Crippen molar-refractivity contribution in [2.45, 2.75) is 38.9 Å². The van der Waals surface area contributed by atoms with Gasteiger partial charge in [-0.05, 0) is 32.8 Å². The maximum atomic E-state index is 12.1. The highest BCUT2D eigenvalue weighted by molar-refractivity contribution is 5.94. The number of aromatic nitrogens is 1. The summed E-state index contributed by atoms with van der Waals surface area (Å²) in [6, 6.07) is 1.82. The lowest BCUT2D eigenvalue weighted by Crippen LogP contribution is -2.41. The van der Waals surface area contributed by atoms with Crippen LogP contribution in [0.3, 0.4) is 0 Å². The molecule has 1 saturated heterocycles. The van der Waals surface area contributed by atoms with Crippen molar-refractivity contribution in [3.05, 3.63) is 24.0 Å². The lowest BCUT2D eigenvalue weighted by atomic mass is 10.1. The molecule has 17 heavy (non-hydrogen) atoms. The van der Waals surface area contributed by atoms with Crippen molar-refractivity contribution in [2.75, 3.05) is 13.1 Å². The molecule has 4 nitrogen and oxygen atoms in total. The van der Waals surface area contributed by atoms with Gasteiger partial charge in [0.2, 0.25) is 0 Å². The van der Waals surface area contributed by atoms with E-state index in [0.717, 1.165) is 31.5 Å². The number of nitrogens with zero attached hydrogens (tertiary/aromatic N) is 1. The number of carbonyl (C=O) groups is 1. The zero-order valence-corrected chi connectivity index (χ0v) is 10.5. The van der Waals surface area contributed by atoms with Crippen LogP contribution >= 0.6 is 0 Å². The Morgan fingerprint density at radius 1 is 1.47 bits per heavy atom. The first-order valence-corrected chi connectivity index (χ1v) is 6.24. The Morgan fingerprint density at radius 2 is 2.18 bits per heavy atom. The number of hydrogen-bond donors (Lipinski definition) is 1. The number of likely N-dealkylation sites (tertiary alicyclic amines) is 1. The van der Waals surface area contributed by atoms with Gasteiger partial charge in [-0.3, -0.25) is 4.79 Å². The van der Waals surface area contributed by atoms with Gasteiger partial charge in [-0.25, -0.2) is 0 Å². The molecule has 1 aromatic rings. The Morgan fingerprint density at radius 3 is 2.71 bits per heavy atom. The third kappa shape index (κ3) is 3.09. The van der Waals surface area contributed by atoms with Crippen LogP contribution < -0.4 is 0 Å². The van der Waals surface area contributed by atoms with Crippen LogP contribution in [-0.4, -0.2) is 41.1 Å². The van der Waals surface area contributed by atoms with Gasteiger partial charge in [0.25, 0.3) is 5.91 Å². The third-order valence-corrected chi connectivity index (χ3v) is 3.04. The van der Waals surface area contributed by atoms with Gasteiger partial charge in [0.05, 0.1) is 17.8 Å². The number of carbonyl (C=O) groups excluding carboxylic acids is 1. The number of rotatable bonds is 3. The summed E-state index contributed by atoms with van der Waals surface area (Å²) in [5.41, 5.74) is 0.744. The van der Waals surface area contributed by atoms with Crippen LogP contribution in [0.15, 0.2) is 18.5 Å². The highest BCUT2D eigenvalue weighted by Crippen LogP contribution is 2.17. The fourth-order valence-corrected chi connectivity index (χ4v) is 2.22. The van der Waals surface area contributed by atoms with Crippen LogP contribution in [0, 0.1) is 0 Å². The molecule has 0 atom stereocenters. The van der Waals surface area contributed by atoms with Crippen LogP contribution in [-0.2, 0) is 4.74 Å². The number of ether oxygens (including phenoxy) is 1. The van der Waals surface area contributed by atoms with Gasteiger partial charge in [0, 0.05) is 25.5 Å². The largest absolute Gasteiger partial charge is 0.375 e. The van der Waals surface area contributed by atoms with Gasteiger partial charge in [-0.1, -0.05) is 0 Å². The Bertz CT molecular complexity index is 352. The Kier molecular flexibility index (Phi) is 3.84. The minimum atomic E-state index is 0.120. The van der Waals surface area contributed by atoms with E-state index in [2.05, 4.69) is 18.8 Å². The zero-order valence-electron chi connectivity index (χ0n) is 10.5. The first-order chi connectivity index (χ1) is 8.16. The molecule has 1 aliphatic heterocycles. The summed E-state index contributed by atoms with van der Waals surface area (Å²) in [6.45, 7) is 5.69. The molecule has 1 N–H and O–H groups in total. The van der Waals surface area contributed by atoms with Crippen LogP contribution in [0.25, 0.3) is 0 Å². The van der Waals surface area contributed by atoms with E-state index in [1.807, 2.05) is 11.0 Å². The minimum Gasteiger partial charge on any atom is -0.375 e. The van der Waals surface area contributed by atoms with Crippen molar-refractivity contribution in [1.29, 1.82) is 0 Å². The van der Waals surface area contributed by atoms with Crippen molar-refractivity contribution in [3.8, 4) is 0 Å². The first kappa shape index (κ1) is 12.2. The third-order valence-electron chi connectivity index (χ3n) is 3.04. The van der Waals surface area contributed by atoms with E-state index >= 15 is 0 Å². The van der Waals surface area contributed by atoms with Gasteiger partial charge in [-0.2, -0.15) is 0 Å². The monoisotopic (exact) mass is 236 g/mol. The molecule has 0 bridgehead atoms. The SMILES string of the molecule is CC(C)OC1CCN(C(=O)c2cc[nH]c2)CC1. The van der Waals surface area contributed by atoms with Crippen molar-refractivity contribution in [1.82, 2.24) is 9.88 Å². The molecular weight excluding hydrogens is 216 g/mol. The Balaban J connectivity index is 1.85. The molecule has 1 aliphatic rings. The van der Waals surface area contributed by atoms with Gasteiger partial charge in [-0.15, -0.1) is 0 Å². The van der Waals surface area contributed by atoms with E-state index in [1.54, 1.807) is 12.4 Å². The maximum Gasteiger partial charge on any atom is 0.255 e. The molecule has 0 saturated carbocycles. The second kappa shape index (κ2) is 5.36. The molecular formula is C13H20N2O2. The van der Waals surface area contributed by atoms with Crippen LogP contribution in [0.1, 0.15) is 37.0 Å². The summed E-state index contributed by atoms with van der Waals surface area (Å²) in [5, 5.41) is 0. The van der Waals surface area contributed by atoms with Gasteiger partial charge in [0.1, 0.15) is 0 Å². The molecule has 94 valence electrons. The average molecular weight is 236 g/mol. The number of H-pyrrole nitrogens is 1. The predicted molar refractivity (Wildman–Crippen MR) is 65.9 cm³/mol. The Hall–Kier alpha value is -1.29. The van der Waals surface area contributed by atoms with E-state index in [0.29, 0.717) is 6.10 Å². The molecule has 0 spiro atoms. The lowest BCUT2D eigenvalue weighted by Gasteiger charge is -2.32. The fourth-order valence-electron chi connectivity index (χ4n) is 2.22. The maximum absolute atomic E-state index is 12.1. The number of amides is 1. The van der Waals surface area contributed by atoms with Crippen molar-refractivity contribution < 1.29 is 9.53 Å². The number of nitrogens with one attached hydrogen (secondary N) is 1. The van der Waals surface area contributed by atoms with E-state index in [1.165, 1.54) is 0 Å². The second-order valence-corrected chi connectivity index (χ2v) is 4.78. The molecule has 0 aliphatic carbocycles. The quantitative estimate of drug-likeness (QED) is 0.873. The van der Waals surface area contributed by atoms with E-state index < -0.39 is 0 Å². The molecule has 0 unspecified atom stereocenters. The highest BCUT2D eigenvalue weighted by atomic mass is 16.5. The van der Waals surface area contributed by atoms with Crippen molar-refractivity contribution >= 4 is 5.91 Å². The summed E-state index contributed by atoms with van der Waals surface area (Å²) in [6.07, 6.45) is 5.99. The number of piperidine rings is 1. The molecule has 0 radical (unpaired) electrons. The Labute approximate surface area is 102 Å². The van der Waals surface area contributed by atoms with Crippen LogP contribution in [0.5, 0.6) is 0 Å². The molecule has 1 amide bonds. The standard InChI is InChI=1S/C13H20N2O2/c1-10(2)17-12-4-7-15(8-5-12)13(16)11-3-6-14-9-11/h3,6,9-10,12,14H,4-5,7-8H2,1-2H3. The van der Waals surface area contributed by atoms with Crippen LogP contribution in [0.2, 0.25) is 0 Å². The summed E-state index contributed by atoms with van der Waals surface area (Å²) in [4.78, 5) is 16.9. The van der Waals surface area contributed by atoms with Gasteiger partial charge < -0.3 is 14.6 Å². The average Bonchev–Trinajstić information content (AvgIpc) is 2.82. The zero-order chi connectivity index (χ0) is 12.3. The van der Waals surface area contributed by atoms with E-state index in [-0.39, 0.29) is 12.0 Å². The van der Waals surface area contributed by atoms with Crippen molar-refractivity contribution in [3.63, 3.8) is 0 Å². The topological polar surface area (TPSA) is 45.3 Å².